The van der Waals surface area contributed by atoms with E-state index in [0.29, 0.717) is 11.1 Å². The fraction of sp³-hybridized carbons (Fsp3) is 0.231. The molecule has 2 atom stereocenters. The molecule has 0 fully saturated rings. The average molecular weight is 514 g/mol. The molecule has 2 aromatic rings. The molecule has 168 valence electrons. The van der Waals surface area contributed by atoms with Gasteiger partial charge in [-0.3, -0.25) is 0 Å². The van der Waals surface area contributed by atoms with E-state index in [-0.39, 0.29) is 31.0 Å². The average Bonchev–Trinajstić information content (AvgIpc) is 2.87. The number of allylic oxidation sites excluding steroid dienone is 2. The van der Waals surface area contributed by atoms with Gasteiger partial charge in [-0.15, -0.1) is 0 Å². The van der Waals surface area contributed by atoms with Crippen LogP contribution < -0.4 is 5.73 Å². The number of ether oxygens (including phenoxy) is 1. The van der Waals surface area contributed by atoms with E-state index in [4.69, 9.17) is 10.5 Å². The van der Waals surface area contributed by atoms with Crippen molar-refractivity contribution in [2.24, 2.45) is 17.1 Å². The summed E-state index contributed by atoms with van der Waals surface area (Å²) < 4.78 is 6.29. The molecule has 2 aliphatic rings. The molecule has 1 heterocycles. The lowest BCUT2D eigenvalue weighted by atomic mass is 9.58. The zero-order chi connectivity index (χ0) is 24.3. The van der Waals surface area contributed by atoms with Crippen molar-refractivity contribution in [1.82, 2.24) is 4.90 Å². The molecule has 1 amide bonds. The summed E-state index contributed by atoms with van der Waals surface area (Å²) >= 11 is 3.46. The van der Waals surface area contributed by atoms with Gasteiger partial charge in [0, 0.05) is 29.4 Å². The highest BCUT2D eigenvalue weighted by Crippen LogP contribution is 2.54. The molecule has 0 saturated heterocycles. The van der Waals surface area contributed by atoms with Gasteiger partial charge in [-0.25, -0.2) is 4.79 Å². The second kappa shape index (κ2) is 9.43. The van der Waals surface area contributed by atoms with E-state index in [1.54, 1.807) is 6.08 Å². The molecule has 0 bridgehead atoms. The maximum Gasteiger partial charge on any atom is 0.410 e. The highest BCUT2D eigenvalue weighted by atomic mass is 79.9. The predicted molar refractivity (Wildman–Crippen MR) is 127 cm³/mol. The highest BCUT2D eigenvalue weighted by molar-refractivity contribution is 9.10. The van der Waals surface area contributed by atoms with Gasteiger partial charge in [-0.1, -0.05) is 64.5 Å². The number of fused-ring (bicyclic) bond motifs is 1. The maximum atomic E-state index is 12.9. The highest BCUT2D eigenvalue weighted by Gasteiger charge is 2.54. The van der Waals surface area contributed by atoms with Crippen LogP contribution in [0.3, 0.4) is 0 Å². The van der Waals surface area contributed by atoms with E-state index in [0.717, 1.165) is 10.0 Å². The van der Waals surface area contributed by atoms with Crippen molar-refractivity contribution in [3.63, 3.8) is 0 Å². The first-order chi connectivity index (χ1) is 16.4. The first-order valence-electron chi connectivity index (χ1n) is 10.6. The quantitative estimate of drug-likeness (QED) is 0.642. The van der Waals surface area contributed by atoms with E-state index in [9.17, 15) is 20.6 Å². The monoisotopic (exact) mass is 513 g/mol. The van der Waals surface area contributed by atoms with Crippen molar-refractivity contribution < 1.29 is 9.53 Å². The summed E-state index contributed by atoms with van der Waals surface area (Å²) in [6.07, 6.45) is 1.26. The number of carbonyl (C=O) groups is 1. The fourth-order valence-corrected chi connectivity index (χ4v) is 5.13. The van der Waals surface area contributed by atoms with Crippen molar-refractivity contribution in [3.8, 4) is 18.2 Å². The summed E-state index contributed by atoms with van der Waals surface area (Å²) in [6.45, 7) is 0.540. The van der Waals surface area contributed by atoms with Gasteiger partial charge in [0.25, 0.3) is 0 Å². The molecule has 0 spiro atoms. The second-order valence-electron chi connectivity index (χ2n) is 8.18. The number of hydrogen-bond donors (Lipinski definition) is 1. The molecule has 0 radical (unpaired) electrons. The van der Waals surface area contributed by atoms with E-state index in [1.807, 2.05) is 54.6 Å². The third kappa shape index (κ3) is 3.92. The number of nitrogens with zero attached hydrogens (tertiary/aromatic N) is 4. The number of carbonyl (C=O) groups excluding carboxylic acids is 1. The number of rotatable bonds is 3. The Balaban J connectivity index is 1.74. The molecule has 0 saturated carbocycles. The second-order valence-corrected chi connectivity index (χ2v) is 9.09. The molecule has 34 heavy (non-hydrogen) atoms. The number of nitrogens with two attached hydrogens (primary N) is 1. The van der Waals surface area contributed by atoms with Gasteiger partial charge < -0.3 is 15.4 Å². The number of halogens is 1. The first kappa shape index (κ1) is 23.1. The van der Waals surface area contributed by atoms with Crippen LogP contribution in [0.2, 0.25) is 0 Å². The van der Waals surface area contributed by atoms with Crippen LogP contribution in [-0.2, 0) is 11.3 Å². The molecule has 0 aromatic heterocycles. The van der Waals surface area contributed by atoms with Gasteiger partial charge in [-0.05, 0) is 28.8 Å². The van der Waals surface area contributed by atoms with E-state index >= 15 is 0 Å². The lowest BCUT2D eigenvalue weighted by Crippen LogP contribution is -2.49. The Labute approximate surface area is 206 Å². The third-order valence-corrected chi connectivity index (χ3v) is 6.83. The van der Waals surface area contributed by atoms with Crippen molar-refractivity contribution in [3.05, 3.63) is 93.1 Å². The molecule has 1 aliphatic heterocycles. The largest absolute Gasteiger partial charge is 0.445 e. The van der Waals surface area contributed by atoms with Crippen molar-refractivity contribution in [1.29, 1.82) is 15.8 Å². The van der Waals surface area contributed by atoms with Crippen molar-refractivity contribution >= 4 is 22.0 Å². The van der Waals surface area contributed by atoms with Crippen LogP contribution in [0, 0.1) is 45.3 Å². The molecule has 7 nitrogen and oxygen atoms in total. The van der Waals surface area contributed by atoms with Crippen LogP contribution in [0.25, 0.3) is 0 Å². The van der Waals surface area contributed by atoms with E-state index in [1.165, 1.54) is 4.90 Å². The minimum Gasteiger partial charge on any atom is -0.445 e. The third-order valence-electron chi connectivity index (χ3n) is 6.34. The fourth-order valence-electron chi connectivity index (χ4n) is 4.72. The summed E-state index contributed by atoms with van der Waals surface area (Å²) in [5.41, 5.74) is 6.88. The van der Waals surface area contributed by atoms with Gasteiger partial charge in [-0.2, -0.15) is 15.8 Å². The van der Waals surface area contributed by atoms with Crippen LogP contribution in [0.1, 0.15) is 17.0 Å². The SMILES string of the molecule is N#CC1=C(N)C(C#N)(C#N)C(c2cccc(Br)c2)C2CN(C(=O)OCc3ccccc3)CC=C12. The Morgan fingerprint density at radius 2 is 1.88 bits per heavy atom. The molecule has 8 heteroatoms. The van der Waals surface area contributed by atoms with Crippen molar-refractivity contribution in [2.45, 2.75) is 12.5 Å². The maximum absolute atomic E-state index is 12.9. The zero-order valence-corrected chi connectivity index (χ0v) is 19.7. The van der Waals surface area contributed by atoms with Gasteiger partial charge in [0.1, 0.15) is 12.7 Å². The Bertz CT molecular complexity index is 1300. The van der Waals surface area contributed by atoms with Crippen LogP contribution in [0.5, 0.6) is 0 Å². The molecule has 2 N–H and O–H groups in total. The summed E-state index contributed by atoms with van der Waals surface area (Å²) in [6, 6.07) is 23.0. The van der Waals surface area contributed by atoms with Crippen LogP contribution in [0.15, 0.2) is 82.0 Å². The molecular formula is C26H20BrN5O2. The number of nitriles is 3. The minimum absolute atomic E-state index is 0.0485. The van der Waals surface area contributed by atoms with Gasteiger partial charge >= 0.3 is 6.09 Å². The Morgan fingerprint density at radius 1 is 1.15 bits per heavy atom. The van der Waals surface area contributed by atoms with Crippen LogP contribution >= 0.6 is 15.9 Å². The normalized spacial score (nSPS) is 20.8. The summed E-state index contributed by atoms with van der Waals surface area (Å²) in [5.74, 6) is -1.18. The van der Waals surface area contributed by atoms with Gasteiger partial charge in [0.05, 0.1) is 23.4 Å². The lowest BCUT2D eigenvalue weighted by Gasteiger charge is -2.45. The van der Waals surface area contributed by atoms with E-state index in [2.05, 4.69) is 34.1 Å². The molecule has 1 aliphatic carbocycles. The lowest BCUT2D eigenvalue weighted by molar-refractivity contribution is 0.0898. The minimum atomic E-state index is -1.76. The Hall–Kier alpha value is -4.06. The Morgan fingerprint density at radius 3 is 2.53 bits per heavy atom. The Kier molecular flexibility index (Phi) is 6.41. The predicted octanol–water partition coefficient (Wildman–Crippen LogP) is 4.51. The summed E-state index contributed by atoms with van der Waals surface area (Å²) in [7, 11) is 0. The zero-order valence-electron chi connectivity index (χ0n) is 18.1. The molecule has 2 unspecified atom stereocenters. The molecule has 4 rings (SSSR count). The van der Waals surface area contributed by atoms with Crippen molar-refractivity contribution in [2.75, 3.05) is 13.1 Å². The molecule has 2 aromatic carbocycles. The summed E-state index contributed by atoms with van der Waals surface area (Å²) in [4.78, 5) is 14.4. The smallest absolute Gasteiger partial charge is 0.410 e. The number of hydrogen-bond acceptors (Lipinski definition) is 6. The topological polar surface area (TPSA) is 127 Å². The van der Waals surface area contributed by atoms with E-state index < -0.39 is 23.3 Å². The molecular weight excluding hydrogens is 494 g/mol. The standard InChI is InChI=1S/C26H20BrN5O2/c27-19-8-4-7-18(11-19)23-22-13-32(25(33)34-14-17-5-2-1-3-6-17)10-9-20(22)21(12-28)24(31)26(23,15-29)16-30/h1-9,11,22-23H,10,13-14,31H2. The van der Waals surface area contributed by atoms with Gasteiger partial charge in [0.15, 0.2) is 5.41 Å². The summed E-state index contributed by atoms with van der Waals surface area (Å²) in [5, 5.41) is 30.2. The number of amides is 1. The first-order valence-corrected chi connectivity index (χ1v) is 11.4. The van der Waals surface area contributed by atoms with Gasteiger partial charge in [0.2, 0.25) is 0 Å². The number of benzene rings is 2. The van der Waals surface area contributed by atoms with Crippen LogP contribution in [-0.4, -0.2) is 24.1 Å². The van der Waals surface area contributed by atoms with Crippen LogP contribution in [0.4, 0.5) is 4.79 Å².